The van der Waals surface area contributed by atoms with Crippen LogP contribution in [0.1, 0.15) is 51.0 Å². The average Bonchev–Trinajstić information content (AvgIpc) is 2.43. The molecule has 1 aromatic rings. The molecule has 0 bridgehead atoms. The molecule has 2 N–H and O–H groups in total. The van der Waals surface area contributed by atoms with Gasteiger partial charge in [0.1, 0.15) is 0 Å². The van der Waals surface area contributed by atoms with Crippen LogP contribution in [0, 0.1) is 5.92 Å². The zero-order valence-electron chi connectivity index (χ0n) is 12.7. The van der Waals surface area contributed by atoms with E-state index in [1.807, 2.05) is 38.1 Å². The molecule has 1 aliphatic carbocycles. The van der Waals surface area contributed by atoms with Crippen molar-refractivity contribution in [1.82, 2.24) is 5.32 Å². The van der Waals surface area contributed by atoms with E-state index >= 15 is 0 Å². The molecule has 0 radical (unpaired) electrons. The lowest BCUT2D eigenvalue weighted by Gasteiger charge is -2.31. The van der Waals surface area contributed by atoms with Crippen LogP contribution in [0.4, 0.5) is 0 Å². The maximum atomic E-state index is 12.6. The minimum absolute atomic E-state index is 0.00160. The van der Waals surface area contributed by atoms with E-state index in [9.17, 15) is 9.90 Å². The molecule has 1 amide bonds. The number of halogens is 1. The van der Waals surface area contributed by atoms with Gasteiger partial charge in [-0.1, -0.05) is 50.4 Å². The maximum Gasteiger partial charge on any atom is 0.228 e. The first-order chi connectivity index (χ1) is 9.99. The summed E-state index contributed by atoms with van der Waals surface area (Å²) in [6.07, 6.45) is 3.32. The Hall–Kier alpha value is -1.06. The fourth-order valence-corrected chi connectivity index (χ4v) is 3.19. The Morgan fingerprint density at radius 2 is 1.86 bits per heavy atom. The van der Waals surface area contributed by atoms with E-state index < -0.39 is 6.10 Å². The second-order valence-electron chi connectivity index (χ2n) is 6.24. The topological polar surface area (TPSA) is 49.3 Å². The molecule has 2 rings (SSSR count). The Labute approximate surface area is 131 Å². The van der Waals surface area contributed by atoms with Gasteiger partial charge in [0, 0.05) is 5.02 Å². The number of rotatable bonds is 4. The third-order valence-corrected chi connectivity index (χ3v) is 4.49. The van der Waals surface area contributed by atoms with Crippen LogP contribution in [0.15, 0.2) is 24.3 Å². The molecule has 4 heteroatoms. The summed E-state index contributed by atoms with van der Waals surface area (Å²) in [5, 5.41) is 13.7. The summed E-state index contributed by atoms with van der Waals surface area (Å²) in [6.45, 7) is 4.08. The van der Waals surface area contributed by atoms with Gasteiger partial charge in [-0.25, -0.2) is 0 Å². The van der Waals surface area contributed by atoms with E-state index in [4.69, 9.17) is 11.6 Å². The number of carbonyl (C=O) groups excluding carboxylic acids is 1. The molecule has 1 aromatic carbocycles. The molecule has 1 unspecified atom stereocenters. The average molecular weight is 310 g/mol. The standard InChI is InChI=1S/C17H24ClNO2/c1-11(2)16(12-7-9-13(18)10-8-12)17(21)19-14-5-3-4-6-15(14)20/h7-11,14-16,20H,3-6H2,1-2H3,(H,19,21)/t14-,15-,16?/m0/s1. The van der Waals surface area contributed by atoms with Crippen LogP contribution in [0.3, 0.4) is 0 Å². The largest absolute Gasteiger partial charge is 0.391 e. The first kappa shape index (κ1) is 16.3. The molecule has 0 spiro atoms. The highest BCUT2D eigenvalue weighted by Gasteiger charge is 2.29. The highest BCUT2D eigenvalue weighted by atomic mass is 35.5. The molecule has 1 saturated carbocycles. The van der Waals surface area contributed by atoms with Crippen molar-refractivity contribution in [2.75, 3.05) is 0 Å². The van der Waals surface area contributed by atoms with Crippen molar-refractivity contribution in [2.24, 2.45) is 5.92 Å². The number of aliphatic hydroxyl groups is 1. The Kier molecular flexibility index (Phi) is 5.65. The highest BCUT2D eigenvalue weighted by Crippen LogP contribution is 2.27. The van der Waals surface area contributed by atoms with E-state index in [0.717, 1.165) is 31.2 Å². The third kappa shape index (κ3) is 4.21. The van der Waals surface area contributed by atoms with Crippen molar-refractivity contribution in [1.29, 1.82) is 0 Å². The van der Waals surface area contributed by atoms with Gasteiger partial charge in [-0.05, 0) is 36.5 Å². The van der Waals surface area contributed by atoms with Crippen LogP contribution in [0.2, 0.25) is 5.02 Å². The van der Waals surface area contributed by atoms with Gasteiger partial charge in [0.2, 0.25) is 5.91 Å². The summed E-state index contributed by atoms with van der Waals surface area (Å²) in [5.74, 6) is -0.0263. The lowest BCUT2D eigenvalue weighted by atomic mass is 9.86. The zero-order valence-corrected chi connectivity index (χ0v) is 13.4. The summed E-state index contributed by atoms with van der Waals surface area (Å²) in [6, 6.07) is 7.33. The molecule has 1 fully saturated rings. The second kappa shape index (κ2) is 7.28. The predicted molar refractivity (Wildman–Crippen MR) is 85.4 cm³/mol. The summed E-state index contributed by atoms with van der Waals surface area (Å²) < 4.78 is 0. The number of hydrogen-bond donors (Lipinski definition) is 2. The first-order valence-corrected chi connectivity index (χ1v) is 8.10. The van der Waals surface area contributed by atoms with E-state index in [1.165, 1.54) is 0 Å². The lowest BCUT2D eigenvalue weighted by molar-refractivity contribution is -0.125. The minimum atomic E-state index is -0.416. The normalized spacial score (nSPS) is 23.9. The van der Waals surface area contributed by atoms with E-state index in [1.54, 1.807) is 0 Å². The van der Waals surface area contributed by atoms with Gasteiger partial charge in [0.25, 0.3) is 0 Å². The lowest BCUT2D eigenvalue weighted by Crippen LogP contribution is -2.47. The van der Waals surface area contributed by atoms with Gasteiger partial charge >= 0.3 is 0 Å². The van der Waals surface area contributed by atoms with Crippen LogP contribution in [0.25, 0.3) is 0 Å². The van der Waals surface area contributed by atoms with Crippen LogP contribution < -0.4 is 5.32 Å². The molecule has 21 heavy (non-hydrogen) atoms. The summed E-state index contributed by atoms with van der Waals surface area (Å²) in [7, 11) is 0. The molecule has 1 aliphatic rings. The molecule has 3 atom stereocenters. The molecular weight excluding hydrogens is 286 g/mol. The zero-order chi connectivity index (χ0) is 15.4. The quantitative estimate of drug-likeness (QED) is 0.894. The van der Waals surface area contributed by atoms with E-state index in [0.29, 0.717) is 5.02 Å². The molecule has 0 aromatic heterocycles. The monoisotopic (exact) mass is 309 g/mol. The third-order valence-electron chi connectivity index (χ3n) is 4.24. The van der Waals surface area contributed by atoms with E-state index in [-0.39, 0.29) is 23.8 Å². The van der Waals surface area contributed by atoms with Crippen LogP contribution in [-0.4, -0.2) is 23.2 Å². The Morgan fingerprint density at radius 1 is 1.24 bits per heavy atom. The second-order valence-corrected chi connectivity index (χ2v) is 6.68. The van der Waals surface area contributed by atoms with Crippen molar-refractivity contribution >= 4 is 17.5 Å². The maximum absolute atomic E-state index is 12.6. The van der Waals surface area contributed by atoms with Crippen molar-refractivity contribution in [3.8, 4) is 0 Å². The molecule has 116 valence electrons. The smallest absolute Gasteiger partial charge is 0.228 e. The van der Waals surface area contributed by atoms with Gasteiger partial charge in [-0.3, -0.25) is 4.79 Å². The first-order valence-electron chi connectivity index (χ1n) is 7.73. The Bertz CT molecular complexity index is 472. The van der Waals surface area contributed by atoms with Gasteiger partial charge in [-0.2, -0.15) is 0 Å². The van der Waals surface area contributed by atoms with E-state index in [2.05, 4.69) is 5.32 Å². The number of hydrogen-bond acceptors (Lipinski definition) is 2. The van der Waals surface area contributed by atoms with Crippen molar-refractivity contribution in [3.05, 3.63) is 34.9 Å². The molecule has 0 heterocycles. The fourth-order valence-electron chi connectivity index (χ4n) is 3.06. The summed E-state index contributed by atoms with van der Waals surface area (Å²) in [5.41, 5.74) is 0.970. The molecule has 3 nitrogen and oxygen atoms in total. The number of aliphatic hydroxyl groups excluding tert-OH is 1. The molecular formula is C17H24ClNO2. The van der Waals surface area contributed by atoms with Crippen molar-refractivity contribution in [2.45, 2.75) is 57.6 Å². The van der Waals surface area contributed by atoms with Gasteiger partial charge in [0.15, 0.2) is 0 Å². The number of benzene rings is 1. The molecule has 0 aliphatic heterocycles. The van der Waals surface area contributed by atoms with Crippen LogP contribution in [-0.2, 0) is 4.79 Å². The predicted octanol–water partition coefficient (Wildman–Crippen LogP) is 3.50. The van der Waals surface area contributed by atoms with Gasteiger partial charge in [0.05, 0.1) is 18.1 Å². The Morgan fingerprint density at radius 3 is 2.43 bits per heavy atom. The molecule has 0 saturated heterocycles. The minimum Gasteiger partial charge on any atom is -0.391 e. The summed E-state index contributed by atoms with van der Waals surface area (Å²) >= 11 is 5.92. The number of carbonyl (C=O) groups is 1. The summed E-state index contributed by atoms with van der Waals surface area (Å²) in [4.78, 5) is 12.6. The Balaban J connectivity index is 2.10. The number of nitrogens with one attached hydrogen (secondary N) is 1. The number of amides is 1. The van der Waals surface area contributed by atoms with Crippen LogP contribution in [0.5, 0.6) is 0 Å². The fraction of sp³-hybridized carbons (Fsp3) is 0.588. The SMILES string of the molecule is CC(C)C(C(=O)N[C@H]1CCCC[C@@H]1O)c1ccc(Cl)cc1. The van der Waals surface area contributed by atoms with Crippen LogP contribution >= 0.6 is 11.6 Å². The van der Waals surface area contributed by atoms with Gasteiger partial charge < -0.3 is 10.4 Å². The van der Waals surface area contributed by atoms with Crippen molar-refractivity contribution in [3.63, 3.8) is 0 Å². The van der Waals surface area contributed by atoms with Gasteiger partial charge in [-0.15, -0.1) is 0 Å². The highest BCUT2D eigenvalue weighted by molar-refractivity contribution is 6.30. The van der Waals surface area contributed by atoms with Crippen molar-refractivity contribution < 1.29 is 9.90 Å².